The third-order valence-electron chi connectivity index (χ3n) is 2.54. The van der Waals surface area contributed by atoms with E-state index in [0.29, 0.717) is 11.8 Å². The molecule has 2 rings (SSSR count). The number of benzene rings is 1. The van der Waals surface area contributed by atoms with Crippen LogP contribution in [0.25, 0.3) is 0 Å². The molecule has 2 aromatic rings. The van der Waals surface area contributed by atoms with E-state index in [9.17, 15) is 0 Å². The van der Waals surface area contributed by atoms with Crippen LogP contribution in [0.1, 0.15) is 12.5 Å². The molecule has 0 aliphatic heterocycles. The maximum absolute atomic E-state index is 5.68. The summed E-state index contributed by atoms with van der Waals surface area (Å²) >= 11 is 0. The monoisotopic (exact) mass is 228 g/mol. The van der Waals surface area contributed by atoms with Gasteiger partial charge in [-0.3, -0.25) is 0 Å². The van der Waals surface area contributed by atoms with Crippen LogP contribution in [-0.4, -0.2) is 16.5 Å². The van der Waals surface area contributed by atoms with Crippen LogP contribution in [-0.2, 0) is 0 Å². The molecule has 0 aliphatic rings. The van der Waals surface area contributed by atoms with Crippen molar-refractivity contribution in [1.29, 1.82) is 0 Å². The molecule has 1 aromatic carbocycles. The molecule has 0 fully saturated rings. The van der Waals surface area contributed by atoms with Crippen LogP contribution in [0.15, 0.2) is 36.5 Å². The zero-order valence-corrected chi connectivity index (χ0v) is 10.1. The Morgan fingerprint density at radius 3 is 2.76 bits per heavy atom. The van der Waals surface area contributed by atoms with E-state index in [-0.39, 0.29) is 0 Å². The SMILES string of the molecule is CCN(c1cccc(C)c1)c1nccc(N)n1. The molecule has 17 heavy (non-hydrogen) atoms. The van der Waals surface area contributed by atoms with Gasteiger partial charge < -0.3 is 10.6 Å². The maximum atomic E-state index is 5.68. The number of hydrogen-bond donors (Lipinski definition) is 1. The smallest absolute Gasteiger partial charge is 0.231 e. The number of hydrogen-bond acceptors (Lipinski definition) is 4. The fourth-order valence-corrected chi connectivity index (χ4v) is 1.73. The topological polar surface area (TPSA) is 55.0 Å². The van der Waals surface area contributed by atoms with E-state index in [1.54, 1.807) is 12.3 Å². The molecule has 0 bridgehead atoms. The van der Waals surface area contributed by atoms with Crippen molar-refractivity contribution in [1.82, 2.24) is 9.97 Å². The van der Waals surface area contributed by atoms with Crippen molar-refractivity contribution >= 4 is 17.5 Å². The molecule has 1 aromatic heterocycles. The van der Waals surface area contributed by atoms with Crippen LogP contribution in [0.2, 0.25) is 0 Å². The predicted molar refractivity (Wildman–Crippen MR) is 70.3 cm³/mol. The molecular formula is C13H16N4. The second-order valence-electron chi connectivity index (χ2n) is 3.86. The molecule has 0 amide bonds. The Morgan fingerprint density at radius 1 is 1.29 bits per heavy atom. The van der Waals surface area contributed by atoms with Crippen LogP contribution in [0.3, 0.4) is 0 Å². The molecule has 4 heteroatoms. The third-order valence-corrected chi connectivity index (χ3v) is 2.54. The largest absolute Gasteiger partial charge is 0.384 e. The molecule has 0 saturated heterocycles. The molecule has 2 N–H and O–H groups in total. The molecule has 0 atom stereocenters. The Kier molecular flexibility index (Phi) is 3.23. The maximum Gasteiger partial charge on any atom is 0.231 e. The molecule has 0 unspecified atom stereocenters. The average molecular weight is 228 g/mol. The number of aryl methyl sites for hydroxylation is 1. The Labute approximate surface area is 101 Å². The second-order valence-corrected chi connectivity index (χ2v) is 3.86. The summed E-state index contributed by atoms with van der Waals surface area (Å²) in [4.78, 5) is 10.5. The number of aromatic nitrogens is 2. The molecule has 88 valence electrons. The van der Waals surface area contributed by atoms with Gasteiger partial charge in [0.25, 0.3) is 0 Å². The van der Waals surface area contributed by atoms with Crippen LogP contribution in [0.4, 0.5) is 17.5 Å². The molecule has 4 nitrogen and oxygen atoms in total. The second kappa shape index (κ2) is 4.82. The standard InChI is InChI=1S/C13H16N4/c1-3-17(11-6-4-5-10(2)9-11)13-15-8-7-12(14)16-13/h4-9H,3H2,1-2H3,(H2,14,15,16). The summed E-state index contributed by atoms with van der Waals surface area (Å²) in [6.45, 7) is 4.93. The molecule has 0 aliphatic carbocycles. The van der Waals surface area contributed by atoms with Gasteiger partial charge in [-0.15, -0.1) is 0 Å². The minimum absolute atomic E-state index is 0.487. The first-order chi connectivity index (χ1) is 8.20. The average Bonchev–Trinajstić information content (AvgIpc) is 2.30. The van der Waals surface area contributed by atoms with Gasteiger partial charge in [-0.1, -0.05) is 12.1 Å². The van der Waals surface area contributed by atoms with Gasteiger partial charge in [-0.2, -0.15) is 4.98 Å². The van der Waals surface area contributed by atoms with E-state index in [0.717, 1.165) is 12.2 Å². The highest BCUT2D eigenvalue weighted by Gasteiger charge is 2.09. The van der Waals surface area contributed by atoms with Crippen LogP contribution >= 0.6 is 0 Å². The molecule has 0 saturated carbocycles. The van der Waals surface area contributed by atoms with Gasteiger partial charge in [-0.25, -0.2) is 4.98 Å². The van der Waals surface area contributed by atoms with Crippen molar-refractivity contribution in [3.05, 3.63) is 42.1 Å². The first-order valence-corrected chi connectivity index (χ1v) is 5.63. The Hall–Kier alpha value is -2.10. The lowest BCUT2D eigenvalue weighted by molar-refractivity contribution is 0.948. The summed E-state index contributed by atoms with van der Waals surface area (Å²) in [5, 5.41) is 0. The minimum Gasteiger partial charge on any atom is -0.384 e. The predicted octanol–water partition coefficient (Wildman–Crippen LogP) is 2.53. The summed E-state index contributed by atoms with van der Waals surface area (Å²) in [5.74, 6) is 1.12. The van der Waals surface area contributed by atoms with Crippen molar-refractivity contribution in [3.63, 3.8) is 0 Å². The van der Waals surface area contributed by atoms with E-state index in [4.69, 9.17) is 5.73 Å². The summed E-state index contributed by atoms with van der Waals surface area (Å²) in [7, 11) is 0. The Balaban J connectivity index is 2.40. The lowest BCUT2D eigenvalue weighted by Crippen LogP contribution is -2.19. The van der Waals surface area contributed by atoms with Crippen molar-refractivity contribution in [2.45, 2.75) is 13.8 Å². The Morgan fingerprint density at radius 2 is 2.12 bits per heavy atom. The number of nitrogens with two attached hydrogens (primary N) is 1. The van der Waals surface area contributed by atoms with Gasteiger partial charge in [0.15, 0.2) is 0 Å². The number of nitrogens with zero attached hydrogens (tertiary/aromatic N) is 3. The fourth-order valence-electron chi connectivity index (χ4n) is 1.73. The van der Waals surface area contributed by atoms with Gasteiger partial charge in [0.1, 0.15) is 5.82 Å². The van der Waals surface area contributed by atoms with Gasteiger partial charge in [0.05, 0.1) is 0 Å². The zero-order valence-electron chi connectivity index (χ0n) is 10.1. The molecule has 1 heterocycles. The van der Waals surface area contributed by atoms with Crippen molar-refractivity contribution < 1.29 is 0 Å². The summed E-state index contributed by atoms with van der Waals surface area (Å²) in [6.07, 6.45) is 1.68. The van der Waals surface area contributed by atoms with E-state index < -0.39 is 0 Å². The molecule has 0 radical (unpaired) electrons. The van der Waals surface area contributed by atoms with Crippen molar-refractivity contribution in [2.24, 2.45) is 0 Å². The van der Waals surface area contributed by atoms with Gasteiger partial charge in [0, 0.05) is 18.4 Å². The van der Waals surface area contributed by atoms with E-state index >= 15 is 0 Å². The third kappa shape index (κ3) is 2.53. The van der Waals surface area contributed by atoms with Gasteiger partial charge in [-0.05, 0) is 37.6 Å². The highest BCUT2D eigenvalue weighted by molar-refractivity contribution is 5.58. The van der Waals surface area contributed by atoms with E-state index in [1.807, 2.05) is 17.0 Å². The minimum atomic E-state index is 0.487. The van der Waals surface area contributed by atoms with Crippen LogP contribution in [0.5, 0.6) is 0 Å². The summed E-state index contributed by atoms with van der Waals surface area (Å²) in [5.41, 5.74) is 7.98. The Bertz CT molecular complexity index is 465. The zero-order chi connectivity index (χ0) is 12.3. The summed E-state index contributed by atoms with van der Waals surface area (Å²) in [6, 6.07) is 9.93. The quantitative estimate of drug-likeness (QED) is 0.877. The van der Waals surface area contributed by atoms with Crippen molar-refractivity contribution in [3.8, 4) is 0 Å². The normalized spacial score (nSPS) is 10.2. The fraction of sp³-hybridized carbons (Fsp3) is 0.231. The highest BCUT2D eigenvalue weighted by Crippen LogP contribution is 2.22. The lowest BCUT2D eigenvalue weighted by Gasteiger charge is -2.21. The number of rotatable bonds is 3. The number of nitrogen functional groups attached to an aromatic ring is 1. The molecular weight excluding hydrogens is 212 g/mol. The lowest BCUT2D eigenvalue weighted by atomic mass is 10.2. The summed E-state index contributed by atoms with van der Waals surface area (Å²) < 4.78 is 0. The first kappa shape index (κ1) is 11.4. The van der Waals surface area contributed by atoms with Gasteiger partial charge >= 0.3 is 0 Å². The van der Waals surface area contributed by atoms with Crippen LogP contribution < -0.4 is 10.6 Å². The van der Waals surface area contributed by atoms with E-state index in [2.05, 4.69) is 35.9 Å². The van der Waals surface area contributed by atoms with Crippen molar-refractivity contribution in [2.75, 3.05) is 17.2 Å². The van der Waals surface area contributed by atoms with Crippen LogP contribution in [0, 0.1) is 6.92 Å². The highest BCUT2D eigenvalue weighted by atomic mass is 15.3. The first-order valence-electron chi connectivity index (χ1n) is 5.63. The van der Waals surface area contributed by atoms with E-state index in [1.165, 1.54) is 5.56 Å². The van der Waals surface area contributed by atoms with Gasteiger partial charge in [0.2, 0.25) is 5.95 Å². The molecule has 0 spiro atoms. The number of anilines is 3.